The van der Waals surface area contributed by atoms with Gasteiger partial charge < -0.3 is 4.84 Å². The van der Waals surface area contributed by atoms with E-state index in [4.69, 9.17) is 4.84 Å². The molecule has 0 bridgehead atoms. The Balaban J connectivity index is 2.09. The molecule has 2 heterocycles. The fourth-order valence-electron chi connectivity index (χ4n) is 1.95. The molecule has 0 radical (unpaired) electrons. The van der Waals surface area contributed by atoms with Crippen LogP contribution in [0, 0.1) is 5.92 Å². The Labute approximate surface area is 72.7 Å². The number of nitrogens with zero attached hydrogens (tertiary/aromatic N) is 2. The van der Waals surface area contributed by atoms with Crippen LogP contribution in [0.15, 0.2) is 17.8 Å². The Bertz CT molecular complexity index is 225. The van der Waals surface area contributed by atoms with Crippen molar-refractivity contribution >= 4 is 5.71 Å². The smallest absolute Gasteiger partial charge is 0.126 e. The maximum Gasteiger partial charge on any atom is 0.126 e. The van der Waals surface area contributed by atoms with Crippen molar-refractivity contribution < 1.29 is 4.84 Å². The van der Waals surface area contributed by atoms with Gasteiger partial charge in [-0.3, -0.25) is 4.90 Å². The quantitative estimate of drug-likeness (QED) is 0.569. The highest BCUT2D eigenvalue weighted by molar-refractivity contribution is 5.94. The van der Waals surface area contributed by atoms with Gasteiger partial charge in [0.2, 0.25) is 0 Å². The minimum Gasteiger partial charge on any atom is -0.395 e. The SMILES string of the molecule is C=CCN1C[C@H]2CON=C2[C@@H]1C. The van der Waals surface area contributed by atoms with Crippen molar-refractivity contribution in [3.05, 3.63) is 12.7 Å². The lowest BCUT2D eigenvalue weighted by molar-refractivity contribution is 0.139. The molecule has 0 aromatic rings. The summed E-state index contributed by atoms with van der Waals surface area (Å²) in [7, 11) is 0. The summed E-state index contributed by atoms with van der Waals surface area (Å²) >= 11 is 0. The molecule has 0 unspecified atom stereocenters. The molecule has 2 aliphatic heterocycles. The van der Waals surface area contributed by atoms with Crippen LogP contribution in [0.1, 0.15) is 6.92 Å². The van der Waals surface area contributed by atoms with Crippen molar-refractivity contribution in [2.45, 2.75) is 13.0 Å². The van der Waals surface area contributed by atoms with Gasteiger partial charge in [0.15, 0.2) is 0 Å². The van der Waals surface area contributed by atoms with Gasteiger partial charge in [0.1, 0.15) is 6.61 Å². The van der Waals surface area contributed by atoms with Gasteiger partial charge in [-0.2, -0.15) is 0 Å². The zero-order valence-corrected chi connectivity index (χ0v) is 7.36. The zero-order valence-electron chi connectivity index (χ0n) is 7.36. The van der Waals surface area contributed by atoms with Crippen molar-refractivity contribution in [1.29, 1.82) is 0 Å². The summed E-state index contributed by atoms with van der Waals surface area (Å²) in [6, 6.07) is 0.440. The normalized spacial score (nSPS) is 34.2. The fourth-order valence-corrected chi connectivity index (χ4v) is 1.95. The lowest BCUT2D eigenvalue weighted by Gasteiger charge is -2.18. The van der Waals surface area contributed by atoms with Crippen molar-refractivity contribution in [2.75, 3.05) is 19.7 Å². The highest BCUT2D eigenvalue weighted by Gasteiger charge is 2.38. The topological polar surface area (TPSA) is 24.8 Å². The minimum atomic E-state index is 0.440. The number of fused-ring (bicyclic) bond motifs is 1. The van der Waals surface area contributed by atoms with E-state index in [0.29, 0.717) is 12.0 Å². The Morgan fingerprint density at radius 2 is 2.67 bits per heavy atom. The molecule has 0 saturated carbocycles. The number of oxime groups is 1. The summed E-state index contributed by atoms with van der Waals surface area (Å²) < 4.78 is 0. The summed E-state index contributed by atoms with van der Waals surface area (Å²) in [5.41, 5.74) is 1.22. The monoisotopic (exact) mass is 166 g/mol. The van der Waals surface area contributed by atoms with Crippen LogP contribution >= 0.6 is 0 Å². The highest BCUT2D eigenvalue weighted by Crippen LogP contribution is 2.24. The third-order valence-corrected chi connectivity index (χ3v) is 2.66. The van der Waals surface area contributed by atoms with Gasteiger partial charge >= 0.3 is 0 Å². The van der Waals surface area contributed by atoms with E-state index in [1.807, 2.05) is 6.08 Å². The molecule has 0 aromatic carbocycles. The van der Waals surface area contributed by atoms with Crippen molar-refractivity contribution in [3.63, 3.8) is 0 Å². The fraction of sp³-hybridized carbons (Fsp3) is 0.667. The van der Waals surface area contributed by atoms with E-state index in [2.05, 4.69) is 23.6 Å². The van der Waals surface area contributed by atoms with Crippen molar-refractivity contribution in [1.82, 2.24) is 4.90 Å². The molecular weight excluding hydrogens is 152 g/mol. The average molecular weight is 166 g/mol. The molecule has 1 fully saturated rings. The molecule has 0 spiro atoms. The molecule has 0 amide bonds. The molecule has 3 heteroatoms. The van der Waals surface area contributed by atoms with Crippen LogP contribution in [0.25, 0.3) is 0 Å². The van der Waals surface area contributed by atoms with Crippen LogP contribution < -0.4 is 0 Å². The van der Waals surface area contributed by atoms with Gasteiger partial charge in [-0.05, 0) is 6.92 Å². The maximum absolute atomic E-state index is 5.04. The van der Waals surface area contributed by atoms with E-state index in [1.165, 1.54) is 5.71 Å². The summed E-state index contributed by atoms with van der Waals surface area (Å²) in [5, 5.41) is 4.05. The Kier molecular flexibility index (Phi) is 1.89. The molecule has 66 valence electrons. The number of rotatable bonds is 2. The van der Waals surface area contributed by atoms with Crippen LogP contribution in [-0.4, -0.2) is 36.3 Å². The van der Waals surface area contributed by atoms with Gasteiger partial charge in [-0.25, -0.2) is 0 Å². The molecule has 2 aliphatic rings. The Morgan fingerprint density at radius 3 is 3.33 bits per heavy atom. The molecular formula is C9H14N2O. The lowest BCUT2D eigenvalue weighted by Crippen LogP contribution is -2.30. The van der Waals surface area contributed by atoms with Gasteiger partial charge in [-0.1, -0.05) is 11.2 Å². The second kappa shape index (κ2) is 2.90. The van der Waals surface area contributed by atoms with Gasteiger partial charge in [0.05, 0.1) is 11.6 Å². The van der Waals surface area contributed by atoms with E-state index in [1.54, 1.807) is 0 Å². The molecule has 3 nitrogen and oxygen atoms in total. The minimum absolute atomic E-state index is 0.440. The number of hydrogen-bond donors (Lipinski definition) is 0. The summed E-state index contributed by atoms with van der Waals surface area (Å²) in [6.07, 6.45) is 1.94. The van der Waals surface area contributed by atoms with Crippen LogP contribution in [0.3, 0.4) is 0 Å². The number of likely N-dealkylation sites (tertiary alicyclic amines) is 1. The van der Waals surface area contributed by atoms with E-state index >= 15 is 0 Å². The maximum atomic E-state index is 5.04. The molecule has 2 atom stereocenters. The van der Waals surface area contributed by atoms with Crippen LogP contribution in [-0.2, 0) is 4.84 Å². The standard InChI is InChI=1S/C9H14N2O/c1-3-4-11-5-8-6-12-10-9(8)7(11)2/h3,7-8H,1,4-6H2,2H3/t7-,8-/m0/s1. The van der Waals surface area contributed by atoms with E-state index in [0.717, 1.165) is 19.7 Å². The third kappa shape index (κ3) is 1.05. The zero-order chi connectivity index (χ0) is 8.55. The molecule has 0 N–H and O–H groups in total. The number of hydrogen-bond acceptors (Lipinski definition) is 3. The summed E-state index contributed by atoms with van der Waals surface area (Å²) in [5.74, 6) is 0.542. The van der Waals surface area contributed by atoms with Gasteiger partial charge in [-0.15, -0.1) is 6.58 Å². The summed E-state index contributed by atoms with van der Waals surface area (Å²) in [6.45, 7) is 8.72. The second-order valence-corrected chi connectivity index (χ2v) is 3.43. The second-order valence-electron chi connectivity index (χ2n) is 3.43. The van der Waals surface area contributed by atoms with Gasteiger partial charge in [0.25, 0.3) is 0 Å². The first-order chi connectivity index (χ1) is 5.83. The first-order valence-corrected chi connectivity index (χ1v) is 4.37. The average Bonchev–Trinajstić information content (AvgIpc) is 2.58. The van der Waals surface area contributed by atoms with Crippen LogP contribution in [0.5, 0.6) is 0 Å². The predicted molar refractivity (Wildman–Crippen MR) is 48.1 cm³/mol. The molecule has 12 heavy (non-hydrogen) atoms. The summed E-state index contributed by atoms with van der Waals surface area (Å²) in [4.78, 5) is 7.42. The van der Waals surface area contributed by atoms with Crippen LogP contribution in [0.2, 0.25) is 0 Å². The Morgan fingerprint density at radius 1 is 1.83 bits per heavy atom. The van der Waals surface area contributed by atoms with E-state index < -0.39 is 0 Å². The van der Waals surface area contributed by atoms with Crippen molar-refractivity contribution in [2.24, 2.45) is 11.1 Å². The molecule has 0 aromatic heterocycles. The largest absolute Gasteiger partial charge is 0.395 e. The molecule has 1 saturated heterocycles. The van der Waals surface area contributed by atoms with Crippen LogP contribution in [0.4, 0.5) is 0 Å². The third-order valence-electron chi connectivity index (χ3n) is 2.66. The Hall–Kier alpha value is -0.830. The molecule has 2 rings (SSSR count). The lowest BCUT2D eigenvalue weighted by atomic mass is 10.1. The van der Waals surface area contributed by atoms with Crippen molar-refractivity contribution in [3.8, 4) is 0 Å². The predicted octanol–water partition coefficient (Wildman–Crippen LogP) is 0.879. The first-order valence-electron chi connectivity index (χ1n) is 4.37. The highest BCUT2D eigenvalue weighted by atomic mass is 16.6. The van der Waals surface area contributed by atoms with Gasteiger partial charge in [0, 0.05) is 19.1 Å². The molecule has 0 aliphatic carbocycles. The first kappa shape index (κ1) is 7.80. The van der Waals surface area contributed by atoms with E-state index in [9.17, 15) is 0 Å². The van der Waals surface area contributed by atoms with E-state index in [-0.39, 0.29) is 0 Å².